The van der Waals surface area contributed by atoms with Crippen LogP contribution >= 0.6 is 11.6 Å². The monoisotopic (exact) mass is 388 g/mol. The fourth-order valence-corrected chi connectivity index (χ4v) is 2.69. The van der Waals surface area contributed by atoms with Crippen molar-refractivity contribution in [3.8, 4) is 5.75 Å². The molecular weight excluding hydrogens is 368 g/mol. The topological polar surface area (TPSA) is 67.9 Å². The summed E-state index contributed by atoms with van der Waals surface area (Å²) in [6, 6.07) is 14.5. The van der Waals surface area contributed by atoms with Gasteiger partial charge in [0.2, 0.25) is 5.91 Å². The molecule has 2 heterocycles. The van der Waals surface area contributed by atoms with Crippen molar-refractivity contribution in [3.05, 3.63) is 77.6 Å². The second kappa shape index (κ2) is 9.85. The molecule has 0 spiro atoms. The lowest BCUT2D eigenvalue weighted by atomic mass is 10.3. The van der Waals surface area contributed by atoms with Gasteiger partial charge in [0.15, 0.2) is 0 Å². The summed E-state index contributed by atoms with van der Waals surface area (Å²) in [6.07, 6.45) is 3.24. The smallest absolute Gasteiger partial charge is 0.234 e. The van der Waals surface area contributed by atoms with E-state index < -0.39 is 0 Å². The van der Waals surface area contributed by atoms with Gasteiger partial charge in [0.05, 0.1) is 38.7 Å². The van der Waals surface area contributed by atoms with Crippen LogP contribution in [-0.4, -0.2) is 30.5 Å². The van der Waals surface area contributed by atoms with E-state index in [9.17, 15) is 4.79 Å². The van der Waals surface area contributed by atoms with Crippen LogP contribution in [0.3, 0.4) is 0 Å². The second-order valence-corrected chi connectivity index (χ2v) is 6.39. The summed E-state index contributed by atoms with van der Waals surface area (Å²) < 4.78 is 16.3. The van der Waals surface area contributed by atoms with Crippen molar-refractivity contribution >= 4 is 17.5 Å². The van der Waals surface area contributed by atoms with Crippen molar-refractivity contribution in [1.29, 1.82) is 0 Å². The largest absolute Gasteiger partial charge is 0.492 e. The first kappa shape index (κ1) is 19.1. The minimum atomic E-state index is -0.0900. The molecule has 0 atom stereocenters. The van der Waals surface area contributed by atoms with Crippen LogP contribution in [0.5, 0.6) is 5.75 Å². The van der Waals surface area contributed by atoms with Crippen molar-refractivity contribution in [3.63, 3.8) is 0 Å². The van der Waals surface area contributed by atoms with Gasteiger partial charge in [-0.15, -0.1) is 0 Å². The molecule has 0 bridgehead atoms. The molecule has 0 radical (unpaired) electrons. The Morgan fingerprint density at radius 2 is 1.63 bits per heavy atom. The van der Waals surface area contributed by atoms with E-state index >= 15 is 0 Å². The van der Waals surface area contributed by atoms with Gasteiger partial charge in [-0.05, 0) is 48.5 Å². The third kappa shape index (κ3) is 6.51. The van der Waals surface area contributed by atoms with Gasteiger partial charge < -0.3 is 18.9 Å². The lowest BCUT2D eigenvalue weighted by Gasteiger charge is -2.19. The first-order valence-electron chi connectivity index (χ1n) is 8.61. The molecule has 142 valence electrons. The SMILES string of the molecule is O=C(CN(Cc1ccco1)Cc1ccco1)NCCOc1ccc(Cl)cc1. The van der Waals surface area contributed by atoms with Crippen LogP contribution in [0.15, 0.2) is 69.9 Å². The fraction of sp³-hybridized carbons (Fsp3) is 0.250. The van der Waals surface area contributed by atoms with Gasteiger partial charge in [0.25, 0.3) is 0 Å². The molecule has 0 unspecified atom stereocenters. The van der Waals surface area contributed by atoms with Gasteiger partial charge in [-0.1, -0.05) is 11.6 Å². The fourth-order valence-electron chi connectivity index (χ4n) is 2.56. The molecule has 0 aliphatic carbocycles. The molecule has 7 heteroatoms. The van der Waals surface area contributed by atoms with Crippen molar-refractivity contribution in [2.75, 3.05) is 19.7 Å². The van der Waals surface area contributed by atoms with Crippen molar-refractivity contribution in [2.45, 2.75) is 13.1 Å². The number of amides is 1. The van der Waals surface area contributed by atoms with Crippen LogP contribution in [0, 0.1) is 0 Å². The number of carbonyl (C=O) groups excluding carboxylic acids is 1. The number of ether oxygens (including phenoxy) is 1. The van der Waals surface area contributed by atoms with Gasteiger partial charge in [0, 0.05) is 5.02 Å². The zero-order valence-corrected chi connectivity index (χ0v) is 15.5. The molecule has 0 aliphatic rings. The van der Waals surface area contributed by atoms with Crippen LogP contribution in [0.2, 0.25) is 5.02 Å². The highest BCUT2D eigenvalue weighted by Gasteiger charge is 2.14. The number of furan rings is 2. The maximum absolute atomic E-state index is 12.3. The number of nitrogens with one attached hydrogen (secondary N) is 1. The molecule has 0 aliphatic heterocycles. The third-order valence-electron chi connectivity index (χ3n) is 3.79. The van der Waals surface area contributed by atoms with E-state index in [2.05, 4.69) is 5.32 Å². The highest BCUT2D eigenvalue weighted by molar-refractivity contribution is 6.30. The summed E-state index contributed by atoms with van der Waals surface area (Å²) in [6.45, 7) is 2.05. The molecule has 1 aromatic carbocycles. The van der Waals surface area contributed by atoms with Gasteiger partial charge in [0.1, 0.15) is 23.9 Å². The minimum Gasteiger partial charge on any atom is -0.492 e. The third-order valence-corrected chi connectivity index (χ3v) is 4.04. The predicted molar refractivity (Wildman–Crippen MR) is 101 cm³/mol. The Kier molecular flexibility index (Phi) is 6.96. The highest BCUT2D eigenvalue weighted by atomic mass is 35.5. The Labute approximate surface area is 162 Å². The minimum absolute atomic E-state index is 0.0900. The highest BCUT2D eigenvalue weighted by Crippen LogP contribution is 2.15. The average Bonchev–Trinajstić information content (AvgIpc) is 3.34. The Bertz CT molecular complexity index is 765. The van der Waals surface area contributed by atoms with E-state index in [1.165, 1.54) is 0 Å². The van der Waals surface area contributed by atoms with E-state index in [-0.39, 0.29) is 12.5 Å². The Morgan fingerprint density at radius 1 is 1.00 bits per heavy atom. The molecule has 27 heavy (non-hydrogen) atoms. The maximum Gasteiger partial charge on any atom is 0.234 e. The van der Waals surface area contributed by atoms with Crippen LogP contribution in [-0.2, 0) is 17.9 Å². The van der Waals surface area contributed by atoms with Crippen LogP contribution in [0.25, 0.3) is 0 Å². The summed E-state index contributed by atoms with van der Waals surface area (Å²) in [7, 11) is 0. The van der Waals surface area contributed by atoms with E-state index in [1.807, 2.05) is 29.2 Å². The summed E-state index contributed by atoms with van der Waals surface area (Å²) in [5, 5.41) is 3.52. The zero-order valence-electron chi connectivity index (χ0n) is 14.8. The standard InChI is InChI=1S/C20H21ClN2O4/c21-16-5-7-17(8-6-16)27-12-9-22-20(24)15-23(13-18-3-1-10-25-18)14-19-4-2-11-26-19/h1-8,10-11H,9,12-15H2,(H,22,24). The van der Waals surface area contributed by atoms with E-state index in [1.54, 1.807) is 36.8 Å². The first-order valence-corrected chi connectivity index (χ1v) is 8.99. The molecule has 1 amide bonds. The predicted octanol–water partition coefficient (Wildman–Crippen LogP) is 3.72. The zero-order chi connectivity index (χ0) is 18.9. The molecule has 0 saturated heterocycles. The summed E-state index contributed by atoms with van der Waals surface area (Å²) in [5.74, 6) is 2.21. The lowest BCUT2D eigenvalue weighted by Crippen LogP contribution is -2.38. The Hall–Kier alpha value is -2.70. The number of nitrogens with zero attached hydrogens (tertiary/aromatic N) is 1. The molecule has 0 fully saturated rings. The van der Waals surface area contributed by atoms with Gasteiger partial charge in [-0.2, -0.15) is 0 Å². The number of carbonyl (C=O) groups is 1. The van der Waals surface area contributed by atoms with Crippen molar-refractivity contribution < 1.29 is 18.4 Å². The van der Waals surface area contributed by atoms with Crippen molar-refractivity contribution in [1.82, 2.24) is 10.2 Å². The van der Waals surface area contributed by atoms with Crippen LogP contribution in [0.1, 0.15) is 11.5 Å². The van der Waals surface area contributed by atoms with Crippen molar-refractivity contribution in [2.24, 2.45) is 0 Å². The number of benzene rings is 1. The van der Waals surface area contributed by atoms with E-state index in [4.69, 9.17) is 25.2 Å². The molecule has 1 N–H and O–H groups in total. The molecule has 2 aromatic heterocycles. The maximum atomic E-state index is 12.3. The Balaban J connectivity index is 1.44. The second-order valence-electron chi connectivity index (χ2n) is 5.96. The van der Waals surface area contributed by atoms with Crippen LogP contribution in [0.4, 0.5) is 0 Å². The molecule has 6 nitrogen and oxygen atoms in total. The summed E-state index contributed by atoms with van der Waals surface area (Å²) in [5.41, 5.74) is 0. The van der Waals surface area contributed by atoms with Gasteiger partial charge in [-0.3, -0.25) is 9.69 Å². The normalized spacial score (nSPS) is 10.9. The van der Waals surface area contributed by atoms with E-state index in [0.29, 0.717) is 37.0 Å². The van der Waals surface area contributed by atoms with E-state index in [0.717, 1.165) is 11.5 Å². The molecule has 3 rings (SSSR count). The Morgan fingerprint density at radius 3 is 2.19 bits per heavy atom. The van der Waals surface area contributed by atoms with Gasteiger partial charge in [-0.25, -0.2) is 0 Å². The summed E-state index contributed by atoms with van der Waals surface area (Å²) >= 11 is 5.83. The first-order chi connectivity index (χ1) is 13.2. The number of halogens is 1. The number of hydrogen-bond acceptors (Lipinski definition) is 5. The number of rotatable bonds is 10. The lowest BCUT2D eigenvalue weighted by molar-refractivity contribution is -0.122. The molecule has 3 aromatic rings. The average molecular weight is 389 g/mol. The quantitative estimate of drug-likeness (QED) is 0.536. The number of hydrogen-bond donors (Lipinski definition) is 1. The molecule has 0 saturated carbocycles. The molecular formula is C20H21ClN2O4. The summed E-state index contributed by atoms with van der Waals surface area (Å²) in [4.78, 5) is 14.2. The van der Waals surface area contributed by atoms with Crippen LogP contribution < -0.4 is 10.1 Å². The van der Waals surface area contributed by atoms with Gasteiger partial charge >= 0.3 is 0 Å².